The van der Waals surface area contributed by atoms with Crippen LogP contribution in [0.2, 0.25) is 0 Å². The number of hydrogen-bond donors (Lipinski definition) is 1. The fraction of sp³-hybridized carbons (Fsp3) is 0.174. The Bertz CT molecular complexity index is 846. The van der Waals surface area contributed by atoms with Crippen LogP contribution in [0.25, 0.3) is 11.1 Å². The monoisotopic (exact) mass is 344 g/mol. The van der Waals surface area contributed by atoms with E-state index in [-0.39, 0.29) is 12.1 Å². The Morgan fingerprint density at radius 2 is 1.46 bits per heavy atom. The van der Waals surface area contributed by atoms with Gasteiger partial charge in [-0.3, -0.25) is 0 Å². The van der Waals surface area contributed by atoms with E-state index in [1.807, 2.05) is 74.6 Å². The van der Waals surface area contributed by atoms with Gasteiger partial charge in [-0.15, -0.1) is 0 Å². The smallest absolute Gasteiger partial charge is 0.317 e. The Kier molecular flexibility index (Phi) is 5.69. The number of hydrogen-bond acceptors (Lipinski definition) is 1. The van der Waals surface area contributed by atoms with E-state index in [0.29, 0.717) is 6.54 Å². The number of urea groups is 1. The summed E-state index contributed by atoms with van der Waals surface area (Å²) in [6.45, 7) is 2.55. The van der Waals surface area contributed by atoms with E-state index >= 15 is 0 Å². The molecule has 26 heavy (non-hydrogen) atoms. The second kappa shape index (κ2) is 8.34. The fourth-order valence-corrected chi connectivity index (χ4v) is 3.01. The van der Waals surface area contributed by atoms with Crippen molar-refractivity contribution in [3.8, 4) is 11.1 Å². The van der Waals surface area contributed by atoms with Crippen LogP contribution < -0.4 is 5.32 Å². The van der Waals surface area contributed by atoms with Crippen LogP contribution in [0.5, 0.6) is 0 Å². The third-order valence-corrected chi connectivity index (χ3v) is 4.50. The zero-order chi connectivity index (χ0) is 18.4. The lowest BCUT2D eigenvalue weighted by atomic mass is 9.99. The highest BCUT2D eigenvalue weighted by molar-refractivity contribution is 5.75. The van der Waals surface area contributed by atoms with Crippen molar-refractivity contribution in [1.29, 1.82) is 0 Å². The zero-order valence-corrected chi connectivity index (χ0v) is 15.2. The maximum atomic E-state index is 12.6. The van der Waals surface area contributed by atoms with Crippen molar-refractivity contribution in [2.24, 2.45) is 0 Å². The topological polar surface area (TPSA) is 32.3 Å². The first-order chi connectivity index (χ1) is 12.6. The van der Waals surface area contributed by atoms with Gasteiger partial charge in [0.1, 0.15) is 0 Å². The van der Waals surface area contributed by atoms with E-state index < -0.39 is 0 Å². The van der Waals surface area contributed by atoms with E-state index in [2.05, 4.69) is 29.6 Å². The molecule has 3 nitrogen and oxygen atoms in total. The highest BCUT2D eigenvalue weighted by atomic mass is 16.2. The molecular weight excluding hydrogens is 320 g/mol. The molecule has 3 aromatic carbocycles. The second-order valence-corrected chi connectivity index (χ2v) is 6.46. The number of benzene rings is 3. The van der Waals surface area contributed by atoms with Crippen molar-refractivity contribution < 1.29 is 4.79 Å². The largest absolute Gasteiger partial charge is 0.331 e. The third kappa shape index (κ3) is 4.31. The fourth-order valence-electron chi connectivity index (χ4n) is 3.01. The summed E-state index contributed by atoms with van der Waals surface area (Å²) in [6, 6.07) is 28.4. The van der Waals surface area contributed by atoms with Crippen LogP contribution in [-0.2, 0) is 6.54 Å². The lowest BCUT2D eigenvalue weighted by molar-refractivity contribution is 0.203. The molecule has 0 radical (unpaired) electrons. The van der Waals surface area contributed by atoms with E-state index in [1.54, 1.807) is 4.90 Å². The lowest BCUT2D eigenvalue weighted by Gasteiger charge is -2.23. The number of nitrogens with zero attached hydrogens (tertiary/aromatic N) is 1. The molecule has 0 aliphatic heterocycles. The second-order valence-electron chi connectivity index (χ2n) is 6.46. The van der Waals surface area contributed by atoms with Crippen molar-refractivity contribution in [2.75, 3.05) is 7.05 Å². The van der Waals surface area contributed by atoms with Crippen LogP contribution in [0.15, 0.2) is 84.9 Å². The Morgan fingerprint density at radius 3 is 2.15 bits per heavy atom. The van der Waals surface area contributed by atoms with Crippen LogP contribution in [0.4, 0.5) is 4.79 Å². The molecule has 0 spiro atoms. The maximum absolute atomic E-state index is 12.6. The van der Waals surface area contributed by atoms with Gasteiger partial charge in [0.25, 0.3) is 0 Å². The molecule has 0 saturated carbocycles. The van der Waals surface area contributed by atoms with Gasteiger partial charge in [-0.25, -0.2) is 4.79 Å². The first kappa shape index (κ1) is 17.7. The Hall–Kier alpha value is -3.07. The van der Waals surface area contributed by atoms with Gasteiger partial charge in [0, 0.05) is 13.6 Å². The van der Waals surface area contributed by atoms with Crippen molar-refractivity contribution in [3.63, 3.8) is 0 Å². The SMILES string of the molecule is CC(NC(=O)N(C)Cc1ccccc1-c1ccccc1)c1ccccc1. The Labute approximate surface area is 155 Å². The van der Waals surface area contributed by atoms with Crippen LogP contribution in [0, 0.1) is 0 Å². The quantitative estimate of drug-likeness (QED) is 0.673. The molecule has 0 aromatic heterocycles. The summed E-state index contributed by atoms with van der Waals surface area (Å²) in [6.07, 6.45) is 0. The minimum Gasteiger partial charge on any atom is -0.331 e. The van der Waals surface area contributed by atoms with Gasteiger partial charge in [0.2, 0.25) is 0 Å². The highest BCUT2D eigenvalue weighted by Gasteiger charge is 2.15. The van der Waals surface area contributed by atoms with E-state index in [0.717, 1.165) is 22.3 Å². The first-order valence-electron chi connectivity index (χ1n) is 8.85. The average molecular weight is 344 g/mol. The molecule has 0 fully saturated rings. The molecule has 2 amide bonds. The van der Waals surface area contributed by atoms with Gasteiger partial charge in [-0.05, 0) is 29.2 Å². The van der Waals surface area contributed by atoms with Crippen molar-refractivity contribution in [1.82, 2.24) is 10.2 Å². The summed E-state index contributed by atoms with van der Waals surface area (Å²) in [5.74, 6) is 0. The summed E-state index contributed by atoms with van der Waals surface area (Å²) >= 11 is 0. The normalized spacial score (nSPS) is 11.6. The van der Waals surface area contributed by atoms with Gasteiger partial charge in [-0.1, -0.05) is 84.9 Å². The molecular formula is C23H24N2O. The molecule has 3 rings (SSSR count). The molecule has 0 saturated heterocycles. The van der Waals surface area contributed by atoms with E-state index in [4.69, 9.17) is 0 Å². The molecule has 1 atom stereocenters. The molecule has 0 heterocycles. The van der Waals surface area contributed by atoms with Crippen molar-refractivity contribution in [2.45, 2.75) is 19.5 Å². The summed E-state index contributed by atoms with van der Waals surface area (Å²) in [7, 11) is 1.83. The zero-order valence-electron chi connectivity index (χ0n) is 15.2. The average Bonchev–Trinajstić information content (AvgIpc) is 2.69. The number of nitrogens with one attached hydrogen (secondary N) is 1. The van der Waals surface area contributed by atoms with Crippen LogP contribution in [0.3, 0.4) is 0 Å². The van der Waals surface area contributed by atoms with Crippen molar-refractivity contribution >= 4 is 6.03 Å². The van der Waals surface area contributed by atoms with Crippen LogP contribution >= 0.6 is 0 Å². The Balaban J connectivity index is 1.70. The maximum Gasteiger partial charge on any atom is 0.317 e. The Morgan fingerprint density at radius 1 is 0.885 bits per heavy atom. The molecule has 1 N–H and O–H groups in total. The predicted molar refractivity (Wildman–Crippen MR) is 107 cm³/mol. The minimum atomic E-state index is -0.0794. The van der Waals surface area contributed by atoms with E-state index in [1.165, 1.54) is 0 Å². The van der Waals surface area contributed by atoms with Gasteiger partial charge in [-0.2, -0.15) is 0 Å². The molecule has 132 valence electrons. The summed E-state index contributed by atoms with van der Waals surface area (Å²) in [4.78, 5) is 14.3. The standard InChI is InChI=1S/C23H24N2O/c1-18(19-11-5-3-6-12-19)24-23(26)25(2)17-21-15-9-10-16-22(21)20-13-7-4-8-14-20/h3-16,18H,17H2,1-2H3,(H,24,26). The van der Waals surface area contributed by atoms with Gasteiger partial charge in [0.15, 0.2) is 0 Å². The molecule has 0 aliphatic carbocycles. The molecule has 3 aromatic rings. The summed E-state index contributed by atoms with van der Waals surface area (Å²) < 4.78 is 0. The van der Waals surface area contributed by atoms with Gasteiger partial charge < -0.3 is 10.2 Å². The highest BCUT2D eigenvalue weighted by Crippen LogP contribution is 2.24. The number of carbonyl (C=O) groups is 1. The minimum absolute atomic E-state index is 0.0319. The molecule has 0 bridgehead atoms. The van der Waals surface area contributed by atoms with Crippen LogP contribution in [-0.4, -0.2) is 18.0 Å². The lowest BCUT2D eigenvalue weighted by Crippen LogP contribution is -2.38. The third-order valence-electron chi connectivity index (χ3n) is 4.50. The first-order valence-corrected chi connectivity index (χ1v) is 8.85. The summed E-state index contributed by atoms with van der Waals surface area (Å²) in [5.41, 5.74) is 4.54. The van der Waals surface area contributed by atoms with Crippen molar-refractivity contribution in [3.05, 3.63) is 96.1 Å². The number of carbonyl (C=O) groups excluding carboxylic acids is 1. The summed E-state index contributed by atoms with van der Waals surface area (Å²) in [5, 5.41) is 3.06. The van der Waals surface area contributed by atoms with E-state index in [9.17, 15) is 4.79 Å². The van der Waals surface area contributed by atoms with Gasteiger partial charge in [0.05, 0.1) is 6.04 Å². The number of rotatable bonds is 5. The number of amides is 2. The molecule has 0 aliphatic rings. The van der Waals surface area contributed by atoms with Crippen LogP contribution in [0.1, 0.15) is 24.1 Å². The molecule has 3 heteroatoms. The van der Waals surface area contributed by atoms with Gasteiger partial charge >= 0.3 is 6.03 Å². The molecule has 1 unspecified atom stereocenters. The predicted octanol–water partition coefficient (Wildman–Crippen LogP) is 5.26.